The van der Waals surface area contributed by atoms with E-state index in [0.717, 1.165) is 11.3 Å². The van der Waals surface area contributed by atoms with Gasteiger partial charge in [0.2, 0.25) is 12.3 Å². The third-order valence-electron chi connectivity index (χ3n) is 2.68. The molecule has 0 aromatic heterocycles. The standard InChI is InChI=1S/C13H15N3O2/c1-10-3-4-12(7-11(10)8-14)16(2)6-5-13(18)15-9-17/h3-4,7,9H,5-6H2,1-2H3,(H,15,17,18). The molecule has 0 radical (unpaired) electrons. The van der Waals surface area contributed by atoms with E-state index in [4.69, 9.17) is 5.26 Å². The molecule has 94 valence electrons. The van der Waals surface area contributed by atoms with Gasteiger partial charge in [-0.3, -0.25) is 14.9 Å². The maximum Gasteiger partial charge on any atom is 0.228 e. The summed E-state index contributed by atoms with van der Waals surface area (Å²) in [6.45, 7) is 2.35. The van der Waals surface area contributed by atoms with Gasteiger partial charge in [-0.15, -0.1) is 0 Å². The number of nitrogens with one attached hydrogen (secondary N) is 1. The van der Waals surface area contributed by atoms with Crippen LogP contribution in [0.3, 0.4) is 0 Å². The van der Waals surface area contributed by atoms with Gasteiger partial charge in [-0.05, 0) is 24.6 Å². The number of nitrogens with zero attached hydrogens (tertiary/aromatic N) is 2. The molecule has 1 aromatic carbocycles. The van der Waals surface area contributed by atoms with Crippen LogP contribution in [0.5, 0.6) is 0 Å². The second kappa shape index (κ2) is 6.40. The number of aryl methyl sites for hydroxylation is 1. The molecule has 1 N–H and O–H groups in total. The zero-order valence-electron chi connectivity index (χ0n) is 10.4. The van der Waals surface area contributed by atoms with E-state index in [1.54, 1.807) is 6.07 Å². The monoisotopic (exact) mass is 245 g/mol. The van der Waals surface area contributed by atoms with Gasteiger partial charge in [-0.1, -0.05) is 6.07 Å². The van der Waals surface area contributed by atoms with Gasteiger partial charge < -0.3 is 4.90 Å². The molecule has 0 atom stereocenters. The zero-order valence-corrected chi connectivity index (χ0v) is 10.4. The van der Waals surface area contributed by atoms with Crippen LogP contribution in [0.25, 0.3) is 0 Å². The van der Waals surface area contributed by atoms with E-state index in [-0.39, 0.29) is 12.3 Å². The average Bonchev–Trinajstić information content (AvgIpc) is 2.37. The summed E-state index contributed by atoms with van der Waals surface area (Å²) >= 11 is 0. The second-order valence-corrected chi connectivity index (χ2v) is 3.97. The van der Waals surface area contributed by atoms with Crippen molar-refractivity contribution >= 4 is 18.0 Å². The first-order chi connectivity index (χ1) is 8.58. The van der Waals surface area contributed by atoms with E-state index >= 15 is 0 Å². The minimum Gasteiger partial charge on any atom is -0.374 e. The number of imide groups is 1. The molecule has 0 heterocycles. The van der Waals surface area contributed by atoms with E-state index in [9.17, 15) is 9.59 Å². The first-order valence-electron chi connectivity index (χ1n) is 5.53. The predicted octanol–water partition coefficient (Wildman–Crippen LogP) is 0.966. The molecular weight excluding hydrogens is 230 g/mol. The third kappa shape index (κ3) is 3.59. The Kier molecular flexibility index (Phi) is 4.88. The Morgan fingerprint density at radius 2 is 2.28 bits per heavy atom. The van der Waals surface area contributed by atoms with Crippen molar-refractivity contribution < 1.29 is 9.59 Å². The second-order valence-electron chi connectivity index (χ2n) is 3.97. The molecule has 0 saturated heterocycles. The maximum atomic E-state index is 11.1. The van der Waals surface area contributed by atoms with Crippen LogP contribution in [0.2, 0.25) is 0 Å². The maximum absolute atomic E-state index is 11.1. The topological polar surface area (TPSA) is 73.2 Å². The molecule has 0 aliphatic carbocycles. The predicted molar refractivity (Wildman–Crippen MR) is 68.0 cm³/mol. The molecule has 0 saturated carbocycles. The minimum absolute atomic E-state index is 0.227. The van der Waals surface area contributed by atoms with E-state index in [1.807, 2.05) is 31.0 Å². The summed E-state index contributed by atoms with van der Waals surface area (Å²) in [7, 11) is 1.83. The van der Waals surface area contributed by atoms with E-state index < -0.39 is 0 Å². The Morgan fingerprint density at radius 3 is 2.89 bits per heavy atom. The van der Waals surface area contributed by atoms with Gasteiger partial charge in [0.25, 0.3) is 0 Å². The molecule has 0 aliphatic heterocycles. The highest BCUT2D eigenvalue weighted by Crippen LogP contribution is 2.17. The van der Waals surface area contributed by atoms with Crippen LogP contribution in [0.1, 0.15) is 17.5 Å². The quantitative estimate of drug-likeness (QED) is 0.784. The Labute approximate surface area is 106 Å². The van der Waals surface area contributed by atoms with Crippen LogP contribution in [0.4, 0.5) is 5.69 Å². The van der Waals surface area contributed by atoms with Gasteiger partial charge >= 0.3 is 0 Å². The lowest BCUT2D eigenvalue weighted by Gasteiger charge is -2.19. The summed E-state index contributed by atoms with van der Waals surface area (Å²) in [4.78, 5) is 23.1. The molecule has 5 nitrogen and oxygen atoms in total. The lowest BCUT2D eigenvalue weighted by Crippen LogP contribution is -2.27. The van der Waals surface area contributed by atoms with Crippen LogP contribution < -0.4 is 10.2 Å². The summed E-state index contributed by atoms with van der Waals surface area (Å²) in [5.41, 5.74) is 2.42. The molecule has 18 heavy (non-hydrogen) atoms. The number of hydrogen-bond donors (Lipinski definition) is 1. The van der Waals surface area contributed by atoms with Crippen LogP contribution in [-0.4, -0.2) is 25.9 Å². The van der Waals surface area contributed by atoms with Gasteiger partial charge in [0.05, 0.1) is 11.6 Å². The smallest absolute Gasteiger partial charge is 0.228 e. The SMILES string of the molecule is Cc1ccc(N(C)CCC(=O)NC=O)cc1C#N. The number of amides is 2. The average molecular weight is 245 g/mol. The fourth-order valence-electron chi connectivity index (χ4n) is 1.50. The summed E-state index contributed by atoms with van der Waals surface area (Å²) < 4.78 is 0. The lowest BCUT2D eigenvalue weighted by molar-refractivity contribution is -0.125. The first-order valence-corrected chi connectivity index (χ1v) is 5.53. The Morgan fingerprint density at radius 1 is 1.56 bits per heavy atom. The van der Waals surface area contributed by atoms with Crippen molar-refractivity contribution in [2.45, 2.75) is 13.3 Å². The van der Waals surface area contributed by atoms with Gasteiger partial charge in [0.15, 0.2) is 0 Å². The van der Waals surface area contributed by atoms with Crippen LogP contribution in [0.15, 0.2) is 18.2 Å². The molecule has 1 aromatic rings. The molecule has 0 bridgehead atoms. The summed E-state index contributed by atoms with van der Waals surface area (Å²) in [5.74, 6) is -0.315. The molecule has 0 unspecified atom stereocenters. The van der Waals surface area contributed by atoms with Gasteiger partial charge in [0, 0.05) is 25.7 Å². The lowest BCUT2D eigenvalue weighted by atomic mass is 10.1. The number of carbonyl (C=O) groups is 2. The number of carbonyl (C=O) groups excluding carboxylic acids is 2. The molecular formula is C13H15N3O2. The third-order valence-corrected chi connectivity index (χ3v) is 2.68. The number of anilines is 1. The Balaban J connectivity index is 2.67. The van der Waals surface area contributed by atoms with Crippen molar-refractivity contribution in [2.24, 2.45) is 0 Å². The van der Waals surface area contributed by atoms with Crippen molar-refractivity contribution in [1.82, 2.24) is 5.32 Å². The molecule has 0 spiro atoms. The van der Waals surface area contributed by atoms with Crippen molar-refractivity contribution in [1.29, 1.82) is 5.26 Å². The number of nitriles is 1. The molecule has 2 amide bonds. The minimum atomic E-state index is -0.315. The van der Waals surface area contributed by atoms with E-state index in [0.29, 0.717) is 18.5 Å². The van der Waals surface area contributed by atoms with Crippen LogP contribution in [0, 0.1) is 18.3 Å². The van der Waals surface area contributed by atoms with Gasteiger partial charge in [-0.25, -0.2) is 0 Å². The van der Waals surface area contributed by atoms with Gasteiger partial charge in [0.1, 0.15) is 0 Å². The van der Waals surface area contributed by atoms with Crippen molar-refractivity contribution in [3.63, 3.8) is 0 Å². The van der Waals surface area contributed by atoms with Crippen molar-refractivity contribution in [3.8, 4) is 6.07 Å². The number of hydrogen-bond acceptors (Lipinski definition) is 4. The number of rotatable bonds is 5. The van der Waals surface area contributed by atoms with Crippen LogP contribution >= 0.6 is 0 Å². The normalized spacial score (nSPS) is 9.39. The van der Waals surface area contributed by atoms with Gasteiger partial charge in [-0.2, -0.15) is 5.26 Å². The van der Waals surface area contributed by atoms with E-state index in [1.165, 1.54) is 0 Å². The molecule has 1 rings (SSSR count). The summed E-state index contributed by atoms with van der Waals surface area (Å²) in [6.07, 6.45) is 0.604. The molecule has 5 heteroatoms. The Bertz CT molecular complexity index is 491. The molecule has 0 aliphatic rings. The first kappa shape index (κ1) is 13.7. The fourth-order valence-corrected chi connectivity index (χ4v) is 1.50. The van der Waals surface area contributed by atoms with E-state index in [2.05, 4.69) is 11.4 Å². The summed E-state index contributed by atoms with van der Waals surface area (Å²) in [6, 6.07) is 7.68. The number of benzene rings is 1. The largest absolute Gasteiger partial charge is 0.374 e. The highest BCUT2D eigenvalue weighted by Gasteiger charge is 2.06. The zero-order chi connectivity index (χ0) is 13.5. The Hall–Kier alpha value is -2.35. The molecule has 0 fully saturated rings. The van der Waals surface area contributed by atoms with Crippen molar-refractivity contribution in [3.05, 3.63) is 29.3 Å². The fraction of sp³-hybridized carbons (Fsp3) is 0.308. The van der Waals surface area contributed by atoms with Crippen LogP contribution in [-0.2, 0) is 9.59 Å². The highest BCUT2D eigenvalue weighted by atomic mass is 16.2. The summed E-state index contributed by atoms with van der Waals surface area (Å²) in [5, 5.41) is 11.0. The van der Waals surface area contributed by atoms with Crippen molar-refractivity contribution in [2.75, 3.05) is 18.5 Å². The highest BCUT2D eigenvalue weighted by molar-refractivity contribution is 5.86.